The summed E-state index contributed by atoms with van der Waals surface area (Å²) in [5.74, 6) is 0.918. The second-order valence-corrected chi connectivity index (χ2v) is 6.90. The number of rotatable bonds is 9. The van der Waals surface area contributed by atoms with Crippen LogP contribution >= 0.6 is 11.8 Å². The first kappa shape index (κ1) is 16.3. The Balaban J connectivity index is 1.70. The third-order valence-electron chi connectivity index (χ3n) is 3.73. The van der Waals surface area contributed by atoms with Crippen molar-refractivity contribution in [2.24, 2.45) is 0 Å². The molecule has 0 radical (unpaired) electrons. The second-order valence-electron chi connectivity index (χ2n) is 5.73. The minimum Gasteiger partial charge on any atom is -0.468 e. The van der Waals surface area contributed by atoms with Crippen LogP contribution in [0.2, 0.25) is 0 Å². The molecule has 0 amide bonds. The van der Waals surface area contributed by atoms with Crippen molar-refractivity contribution in [2.45, 2.75) is 55.5 Å². The molecule has 2 rings (SSSR count). The highest BCUT2D eigenvalue weighted by molar-refractivity contribution is 7.99. The molecule has 1 N–H and O–H groups in total. The first-order valence-electron chi connectivity index (χ1n) is 7.53. The lowest BCUT2D eigenvalue weighted by Crippen LogP contribution is -2.51. The molecule has 1 atom stereocenters. The molecule has 1 aliphatic rings. The minimum atomic E-state index is -0.531. The summed E-state index contributed by atoms with van der Waals surface area (Å²) in [4.78, 5) is 17.2. The molecule has 0 saturated heterocycles. The van der Waals surface area contributed by atoms with Crippen molar-refractivity contribution >= 4 is 17.7 Å². The van der Waals surface area contributed by atoms with Gasteiger partial charge >= 0.3 is 5.97 Å². The normalized spacial score (nSPS) is 17.2. The van der Waals surface area contributed by atoms with Gasteiger partial charge in [-0.1, -0.05) is 6.42 Å². The van der Waals surface area contributed by atoms with E-state index in [1.807, 2.05) is 43.2 Å². The van der Waals surface area contributed by atoms with Crippen molar-refractivity contribution in [2.75, 3.05) is 12.9 Å². The Labute approximate surface area is 131 Å². The number of carbonyl (C=O) groups is 1. The zero-order valence-electron chi connectivity index (χ0n) is 12.8. The van der Waals surface area contributed by atoms with Gasteiger partial charge in [-0.2, -0.15) is 0 Å². The van der Waals surface area contributed by atoms with E-state index >= 15 is 0 Å². The number of pyridine rings is 1. The summed E-state index contributed by atoms with van der Waals surface area (Å²) in [7, 11) is 1.47. The molecule has 1 heterocycles. The van der Waals surface area contributed by atoms with Crippen LogP contribution in [-0.4, -0.2) is 35.4 Å². The van der Waals surface area contributed by atoms with Crippen molar-refractivity contribution < 1.29 is 9.53 Å². The van der Waals surface area contributed by atoms with Gasteiger partial charge < -0.3 is 4.74 Å². The van der Waals surface area contributed by atoms with Crippen molar-refractivity contribution in [3.63, 3.8) is 0 Å². The van der Waals surface area contributed by atoms with Crippen molar-refractivity contribution in [1.82, 2.24) is 10.3 Å². The standard InChI is InChI=1S/C16H24N2O2S/c1-16(15(19)20-2,18-13-5-6-13)9-3-4-12-21-14-7-10-17-11-8-14/h7-8,10-11,13,18H,3-6,9,12H2,1-2H3. The third-order valence-corrected chi connectivity index (χ3v) is 4.82. The summed E-state index contributed by atoms with van der Waals surface area (Å²) in [6.45, 7) is 1.97. The average molecular weight is 308 g/mol. The van der Waals surface area contributed by atoms with Crippen LogP contribution in [0.15, 0.2) is 29.4 Å². The van der Waals surface area contributed by atoms with Crippen molar-refractivity contribution in [3.8, 4) is 0 Å². The number of esters is 1. The largest absolute Gasteiger partial charge is 0.468 e. The quantitative estimate of drug-likeness (QED) is 0.432. The molecular formula is C16H24N2O2S. The van der Waals surface area contributed by atoms with Gasteiger partial charge in [0.1, 0.15) is 5.54 Å². The van der Waals surface area contributed by atoms with Crippen LogP contribution in [0.3, 0.4) is 0 Å². The predicted molar refractivity (Wildman–Crippen MR) is 85.4 cm³/mol. The van der Waals surface area contributed by atoms with Gasteiger partial charge in [-0.3, -0.25) is 15.1 Å². The van der Waals surface area contributed by atoms with E-state index in [1.165, 1.54) is 24.8 Å². The molecule has 4 nitrogen and oxygen atoms in total. The molecule has 1 aromatic heterocycles. The van der Waals surface area contributed by atoms with Gasteiger partial charge in [0.2, 0.25) is 0 Å². The van der Waals surface area contributed by atoms with E-state index < -0.39 is 5.54 Å². The highest BCUT2D eigenvalue weighted by atomic mass is 32.2. The molecule has 1 aromatic rings. The van der Waals surface area contributed by atoms with Crippen LogP contribution in [0, 0.1) is 0 Å². The second kappa shape index (κ2) is 7.80. The number of carbonyl (C=O) groups excluding carboxylic acids is 1. The van der Waals surface area contributed by atoms with Gasteiger partial charge in [0.15, 0.2) is 0 Å². The topological polar surface area (TPSA) is 51.2 Å². The van der Waals surface area contributed by atoms with Crippen LogP contribution in [0.1, 0.15) is 39.0 Å². The van der Waals surface area contributed by atoms with Crippen LogP contribution in [-0.2, 0) is 9.53 Å². The molecule has 0 bridgehead atoms. The molecule has 1 aliphatic carbocycles. The summed E-state index contributed by atoms with van der Waals surface area (Å²) in [6, 6.07) is 4.55. The Bertz CT molecular complexity index is 451. The van der Waals surface area contributed by atoms with Crippen molar-refractivity contribution in [3.05, 3.63) is 24.5 Å². The van der Waals surface area contributed by atoms with E-state index in [4.69, 9.17) is 4.74 Å². The molecule has 5 heteroatoms. The van der Waals surface area contributed by atoms with E-state index in [1.54, 1.807) is 0 Å². The maximum Gasteiger partial charge on any atom is 0.325 e. The van der Waals surface area contributed by atoms with E-state index in [-0.39, 0.29) is 5.97 Å². The smallest absolute Gasteiger partial charge is 0.325 e. The van der Waals surface area contributed by atoms with E-state index in [0.717, 1.165) is 25.0 Å². The van der Waals surface area contributed by atoms with Crippen LogP contribution in [0.5, 0.6) is 0 Å². The number of hydrogen-bond acceptors (Lipinski definition) is 5. The van der Waals surface area contributed by atoms with E-state index in [9.17, 15) is 4.79 Å². The fourth-order valence-corrected chi connectivity index (χ4v) is 3.24. The lowest BCUT2D eigenvalue weighted by molar-refractivity contribution is -0.148. The number of methoxy groups -OCH3 is 1. The van der Waals surface area contributed by atoms with Gasteiger partial charge in [0.05, 0.1) is 7.11 Å². The highest BCUT2D eigenvalue weighted by Crippen LogP contribution is 2.26. The number of thioether (sulfide) groups is 1. The summed E-state index contributed by atoms with van der Waals surface area (Å²) in [5.41, 5.74) is -0.531. The highest BCUT2D eigenvalue weighted by Gasteiger charge is 2.38. The van der Waals surface area contributed by atoms with Crippen LogP contribution in [0.4, 0.5) is 0 Å². The molecule has 116 valence electrons. The van der Waals surface area contributed by atoms with Crippen LogP contribution in [0.25, 0.3) is 0 Å². The fourth-order valence-electron chi connectivity index (χ4n) is 2.34. The molecule has 21 heavy (non-hydrogen) atoms. The monoisotopic (exact) mass is 308 g/mol. The number of unbranched alkanes of at least 4 members (excludes halogenated alkanes) is 1. The lowest BCUT2D eigenvalue weighted by atomic mass is 9.95. The van der Waals surface area contributed by atoms with Gasteiger partial charge in [-0.25, -0.2) is 0 Å². The molecule has 1 unspecified atom stereocenters. The van der Waals surface area contributed by atoms with Gasteiger partial charge in [-0.05, 0) is 50.5 Å². The Morgan fingerprint density at radius 1 is 1.43 bits per heavy atom. The molecule has 0 spiro atoms. The summed E-state index contributed by atoms with van der Waals surface area (Å²) >= 11 is 1.83. The Morgan fingerprint density at radius 3 is 2.76 bits per heavy atom. The third kappa shape index (κ3) is 5.32. The Kier molecular flexibility index (Phi) is 6.06. The molecule has 0 aromatic carbocycles. The first-order valence-corrected chi connectivity index (χ1v) is 8.51. The molecule has 1 saturated carbocycles. The molecule has 1 fully saturated rings. The minimum absolute atomic E-state index is 0.142. The zero-order chi connectivity index (χ0) is 15.1. The summed E-state index contributed by atoms with van der Waals surface area (Å²) < 4.78 is 4.96. The van der Waals surface area contributed by atoms with Gasteiger partial charge in [-0.15, -0.1) is 11.8 Å². The van der Waals surface area contributed by atoms with Crippen LogP contribution < -0.4 is 5.32 Å². The molecular weight excluding hydrogens is 284 g/mol. The number of ether oxygens (including phenoxy) is 1. The zero-order valence-corrected chi connectivity index (χ0v) is 13.6. The number of aromatic nitrogens is 1. The fraction of sp³-hybridized carbons (Fsp3) is 0.625. The summed E-state index contributed by atoms with van der Waals surface area (Å²) in [5, 5.41) is 3.44. The number of nitrogens with zero attached hydrogens (tertiary/aromatic N) is 1. The SMILES string of the molecule is COC(=O)C(C)(CCCCSc1ccncc1)NC1CC1. The lowest BCUT2D eigenvalue weighted by Gasteiger charge is -2.28. The number of hydrogen-bond donors (Lipinski definition) is 1. The van der Waals surface area contributed by atoms with Crippen molar-refractivity contribution in [1.29, 1.82) is 0 Å². The maximum absolute atomic E-state index is 12.0. The molecule has 0 aliphatic heterocycles. The van der Waals surface area contributed by atoms with E-state index in [2.05, 4.69) is 10.3 Å². The predicted octanol–water partition coefficient (Wildman–Crippen LogP) is 3.03. The van der Waals surface area contributed by atoms with Gasteiger partial charge in [0.25, 0.3) is 0 Å². The average Bonchev–Trinajstić information content (AvgIpc) is 3.31. The van der Waals surface area contributed by atoms with E-state index in [0.29, 0.717) is 6.04 Å². The number of nitrogens with one attached hydrogen (secondary N) is 1. The Hall–Kier alpha value is -1.07. The Morgan fingerprint density at radius 2 is 2.14 bits per heavy atom. The first-order chi connectivity index (χ1) is 10.1. The van der Waals surface area contributed by atoms with Gasteiger partial charge in [0, 0.05) is 23.3 Å². The summed E-state index contributed by atoms with van der Waals surface area (Å²) in [6.07, 6.45) is 8.91. The maximum atomic E-state index is 12.0.